The molecule has 1 aliphatic rings. The van der Waals surface area contributed by atoms with Crippen molar-refractivity contribution in [1.29, 1.82) is 0 Å². The number of nitrogens with two attached hydrogens (primary N) is 2. The molecule has 0 fully saturated rings. The molecular formula is C14H10FN3O2. The lowest BCUT2D eigenvalue weighted by atomic mass is 10.1. The number of nitrogen functional groups attached to an aromatic ring is 2. The summed E-state index contributed by atoms with van der Waals surface area (Å²) in [6.07, 6.45) is 0. The molecule has 0 aliphatic carbocycles. The second-order valence-electron chi connectivity index (χ2n) is 4.46. The maximum absolute atomic E-state index is 13.2. The van der Waals surface area contributed by atoms with E-state index >= 15 is 0 Å². The number of amides is 2. The first-order valence-electron chi connectivity index (χ1n) is 5.82. The van der Waals surface area contributed by atoms with Crippen LogP contribution in [-0.4, -0.2) is 11.8 Å². The van der Waals surface area contributed by atoms with Crippen molar-refractivity contribution in [2.75, 3.05) is 16.4 Å². The van der Waals surface area contributed by atoms with Crippen LogP contribution in [0, 0.1) is 5.82 Å². The molecule has 0 saturated carbocycles. The second kappa shape index (κ2) is 4.06. The summed E-state index contributed by atoms with van der Waals surface area (Å²) in [5.74, 6) is -1.58. The topological polar surface area (TPSA) is 89.4 Å². The second-order valence-corrected chi connectivity index (χ2v) is 4.46. The van der Waals surface area contributed by atoms with E-state index in [1.165, 1.54) is 24.3 Å². The number of fused-ring (bicyclic) bond motifs is 1. The fraction of sp³-hybridized carbons (Fsp3) is 0. The molecule has 6 heteroatoms. The first kappa shape index (κ1) is 12.2. The molecule has 4 N–H and O–H groups in total. The Hall–Kier alpha value is -2.89. The van der Waals surface area contributed by atoms with Crippen LogP contribution in [0.1, 0.15) is 20.7 Å². The maximum atomic E-state index is 13.2. The Morgan fingerprint density at radius 2 is 1.60 bits per heavy atom. The number of carbonyl (C=O) groups excluding carboxylic acids is 2. The highest BCUT2D eigenvalue weighted by Gasteiger charge is 2.36. The first-order valence-corrected chi connectivity index (χ1v) is 5.82. The molecule has 1 heterocycles. The number of hydrogen-bond acceptors (Lipinski definition) is 4. The SMILES string of the molecule is Nc1ccc2c(c1)C(=O)N(c1ccc(F)c(N)c1)C2=O. The van der Waals surface area contributed by atoms with Crippen molar-refractivity contribution in [3.63, 3.8) is 0 Å². The summed E-state index contributed by atoms with van der Waals surface area (Å²) in [7, 11) is 0. The standard InChI is InChI=1S/C14H10FN3O2/c15-11-4-2-8(6-12(11)17)18-13(19)9-3-1-7(16)5-10(9)14(18)20/h1-6H,16-17H2. The number of anilines is 3. The number of benzene rings is 2. The normalized spacial score (nSPS) is 13.8. The van der Waals surface area contributed by atoms with Gasteiger partial charge in [-0.2, -0.15) is 0 Å². The molecule has 3 rings (SSSR count). The van der Waals surface area contributed by atoms with E-state index < -0.39 is 17.6 Å². The Bertz CT molecular complexity index is 758. The van der Waals surface area contributed by atoms with E-state index in [-0.39, 0.29) is 22.5 Å². The molecule has 0 bridgehead atoms. The van der Waals surface area contributed by atoms with Crippen LogP contribution in [0.5, 0.6) is 0 Å². The van der Waals surface area contributed by atoms with Gasteiger partial charge in [0.1, 0.15) is 5.82 Å². The molecule has 0 unspecified atom stereocenters. The average Bonchev–Trinajstić information content (AvgIpc) is 2.65. The van der Waals surface area contributed by atoms with E-state index in [2.05, 4.69) is 0 Å². The highest BCUT2D eigenvalue weighted by molar-refractivity contribution is 6.34. The van der Waals surface area contributed by atoms with Gasteiger partial charge in [-0.15, -0.1) is 0 Å². The van der Waals surface area contributed by atoms with Crippen molar-refractivity contribution in [3.05, 3.63) is 53.3 Å². The van der Waals surface area contributed by atoms with Crippen molar-refractivity contribution in [2.45, 2.75) is 0 Å². The first-order chi connectivity index (χ1) is 9.49. The maximum Gasteiger partial charge on any atom is 0.266 e. The van der Waals surface area contributed by atoms with Gasteiger partial charge in [0.25, 0.3) is 11.8 Å². The zero-order valence-electron chi connectivity index (χ0n) is 10.3. The lowest BCUT2D eigenvalue weighted by Gasteiger charge is -2.14. The summed E-state index contributed by atoms with van der Waals surface area (Å²) in [5.41, 5.74) is 12.1. The van der Waals surface area contributed by atoms with Crippen LogP contribution in [0.3, 0.4) is 0 Å². The highest BCUT2D eigenvalue weighted by atomic mass is 19.1. The number of rotatable bonds is 1. The molecule has 0 radical (unpaired) electrons. The Morgan fingerprint density at radius 1 is 0.900 bits per heavy atom. The summed E-state index contributed by atoms with van der Waals surface area (Å²) in [5, 5.41) is 0. The number of carbonyl (C=O) groups is 2. The zero-order valence-corrected chi connectivity index (χ0v) is 10.3. The number of hydrogen-bond donors (Lipinski definition) is 2. The smallest absolute Gasteiger partial charge is 0.266 e. The van der Waals surface area contributed by atoms with Gasteiger partial charge in [0.2, 0.25) is 0 Å². The molecule has 0 atom stereocenters. The third kappa shape index (κ3) is 1.62. The number of nitrogens with zero attached hydrogens (tertiary/aromatic N) is 1. The molecule has 2 aromatic rings. The van der Waals surface area contributed by atoms with Gasteiger partial charge in [-0.3, -0.25) is 9.59 Å². The van der Waals surface area contributed by atoms with Crippen LogP contribution >= 0.6 is 0 Å². The van der Waals surface area contributed by atoms with Crippen molar-refractivity contribution in [1.82, 2.24) is 0 Å². The van der Waals surface area contributed by atoms with Gasteiger partial charge in [0.15, 0.2) is 0 Å². The quantitative estimate of drug-likeness (QED) is 0.611. The molecular weight excluding hydrogens is 261 g/mol. The summed E-state index contributed by atoms with van der Waals surface area (Å²) in [6.45, 7) is 0. The van der Waals surface area contributed by atoms with Crippen LogP contribution in [0.4, 0.5) is 21.5 Å². The van der Waals surface area contributed by atoms with Crippen LogP contribution < -0.4 is 16.4 Å². The molecule has 2 aromatic carbocycles. The lowest BCUT2D eigenvalue weighted by molar-refractivity contribution is 0.0926. The van der Waals surface area contributed by atoms with Gasteiger partial charge in [-0.25, -0.2) is 9.29 Å². The minimum atomic E-state index is -0.602. The van der Waals surface area contributed by atoms with E-state index in [1.54, 1.807) is 6.07 Å². The molecule has 2 amide bonds. The number of imide groups is 1. The van der Waals surface area contributed by atoms with Crippen LogP contribution in [-0.2, 0) is 0 Å². The summed E-state index contributed by atoms with van der Waals surface area (Å²) >= 11 is 0. The van der Waals surface area contributed by atoms with Gasteiger partial charge in [0, 0.05) is 5.69 Å². The van der Waals surface area contributed by atoms with Gasteiger partial charge in [-0.1, -0.05) is 0 Å². The predicted octanol–water partition coefficient (Wildman–Crippen LogP) is 1.79. The summed E-state index contributed by atoms with van der Waals surface area (Å²) < 4.78 is 13.2. The van der Waals surface area contributed by atoms with E-state index in [1.807, 2.05) is 0 Å². The molecule has 100 valence electrons. The Balaban J connectivity index is 2.11. The van der Waals surface area contributed by atoms with E-state index in [4.69, 9.17) is 11.5 Å². The Kier molecular flexibility index (Phi) is 2.47. The lowest BCUT2D eigenvalue weighted by Crippen LogP contribution is -2.29. The highest BCUT2D eigenvalue weighted by Crippen LogP contribution is 2.30. The van der Waals surface area contributed by atoms with Crippen molar-refractivity contribution >= 4 is 28.9 Å². The monoisotopic (exact) mass is 271 g/mol. The van der Waals surface area contributed by atoms with Crippen LogP contribution in [0.15, 0.2) is 36.4 Å². The minimum Gasteiger partial charge on any atom is -0.399 e. The molecule has 0 saturated heterocycles. The third-order valence-electron chi connectivity index (χ3n) is 3.15. The van der Waals surface area contributed by atoms with Crippen molar-refractivity contribution < 1.29 is 14.0 Å². The molecule has 1 aliphatic heterocycles. The van der Waals surface area contributed by atoms with E-state index in [0.29, 0.717) is 5.69 Å². The fourth-order valence-electron chi connectivity index (χ4n) is 2.16. The predicted molar refractivity (Wildman–Crippen MR) is 72.8 cm³/mol. The van der Waals surface area contributed by atoms with Crippen LogP contribution in [0.2, 0.25) is 0 Å². The summed E-state index contributed by atoms with van der Waals surface area (Å²) in [6, 6.07) is 8.19. The third-order valence-corrected chi connectivity index (χ3v) is 3.15. The van der Waals surface area contributed by atoms with Gasteiger partial charge in [-0.05, 0) is 36.4 Å². The average molecular weight is 271 g/mol. The van der Waals surface area contributed by atoms with E-state index in [0.717, 1.165) is 11.0 Å². The fourth-order valence-corrected chi connectivity index (χ4v) is 2.16. The summed E-state index contributed by atoms with van der Waals surface area (Å²) in [4.78, 5) is 25.5. The molecule has 20 heavy (non-hydrogen) atoms. The molecule has 0 spiro atoms. The van der Waals surface area contributed by atoms with Gasteiger partial charge in [0.05, 0.1) is 22.5 Å². The van der Waals surface area contributed by atoms with Crippen molar-refractivity contribution in [2.24, 2.45) is 0 Å². The van der Waals surface area contributed by atoms with Crippen molar-refractivity contribution in [3.8, 4) is 0 Å². The number of halogens is 1. The Labute approximate surface area is 113 Å². The van der Waals surface area contributed by atoms with Gasteiger partial charge < -0.3 is 11.5 Å². The minimum absolute atomic E-state index is 0.126. The Morgan fingerprint density at radius 3 is 2.30 bits per heavy atom. The van der Waals surface area contributed by atoms with Crippen LogP contribution in [0.25, 0.3) is 0 Å². The van der Waals surface area contributed by atoms with Gasteiger partial charge >= 0.3 is 0 Å². The van der Waals surface area contributed by atoms with E-state index in [9.17, 15) is 14.0 Å². The molecule has 0 aromatic heterocycles. The largest absolute Gasteiger partial charge is 0.399 e. The molecule has 5 nitrogen and oxygen atoms in total. The zero-order chi connectivity index (χ0) is 14.4.